The zero-order chi connectivity index (χ0) is 9.26. The Hall–Kier alpha value is -1.08. The van der Waals surface area contributed by atoms with Gasteiger partial charge in [-0.3, -0.25) is 0 Å². The van der Waals surface area contributed by atoms with Crippen molar-refractivity contribution in [1.82, 2.24) is 0 Å². The molecule has 1 aromatic carbocycles. The molecule has 0 bridgehead atoms. The van der Waals surface area contributed by atoms with Crippen LogP contribution in [0.15, 0.2) is 36.9 Å². The summed E-state index contributed by atoms with van der Waals surface area (Å²) in [5, 5.41) is 0. The van der Waals surface area contributed by atoms with Gasteiger partial charge in [0.15, 0.2) is 0 Å². The summed E-state index contributed by atoms with van der Waals surface area (Å²) in [6, 6.07) is 8.81. The lowest BCUT2D eigenvalue weighted by Gasteiger charge is -2.34. The standard InChI is InChI=1S/C12H15N/c1-2-5-12(13)11-8-9-6-3-4-7-10(9)11/h2-4,6-7,11-12H,1,5,8,13H2. The molecular formula is C12H15N. The van der Waals surface area contributed by atoms with Crippen LogP contribution in [0.3, 0.4) is 0 Å². The fourth-order valence-corrected chi connectivity index (χ4v) is 2.04. The van der Waals surface area contributed by atoms with Gasteiger partial charge in [-0.2, -0.15) is 0 Å². The minimum atomic E-state index is 0.257. The topological polar surface area (TPSA) is 26.0 Å². The van der Waals surface area contributed by atoms with Gasteiger partial charge in [-0.15, -0.1) is 6.58 Å². The smallest absolute Gasteiger partial charge is 0.0146 e. The predicted molar refractivity (Wildman–Crippen MR) is 55.7 cm³/mol. The summed E-state index contributed by atoms with van der Waals surface area (Å²) < 4.78 is 0. The molecule has 0 fully saturated rings. The molecule has 0 aliphatic heterocycles. The molecule has 0 spiro atoms. The van der Waals surface area contributed by atoms with Crippen LogP contribution in [0.5, 0.6) is 0 Å². The molecule has 1 aliphatic carbocycles. The van der Waals surface area contributed by atoms with Crippen LogP contribution in [0.2, 0.25) is 0 Å². The van der Waals surface area contributed by atoms with Crippen molar-refractivity contribution >= 4 is 0 Å². The summed E-state index contributed by atoms with van der Waals surface area (Å²) >= 11 is 0. The van der Waals surface area contributed by atoms with E-state index in [1.54, 1.807) is 0 Å². The molecule has 0 heterocycles. The van der Waals surface area contributed by atoms with Crippen LogP contribution < -0.4 is 5.73 Å². The van der Waals surface area contributed by atoms with E-state index in [4.69, 9.17) is 5.73 Å². The highest BCUT2D eigenvalue weighted by Gasteiger charge is 2.29. The first-order chi connectivity index (χ1) is 6.33. The first-order valence-electron chi connectivity index (χ1n) is 4.77. The van der Waals surface area contributed by atoms with E-state index in [9.17, 15) is 0 Å². The number of nitrogens with two attached hydrogens (primary N) is 1. The number of rotatable bonds is 3. The van der Waals surface area contributed by atoms with Crippen LogP contribution in [-0.4, -0.2) is 6.04 Å². The molecule has 2 atom stereocenters. The second kappa shape index (κ2) is 3.35. The van der Waals surface area contributed by atoms with Gasteiger partial charge in [-0.25, -0.2) is 0 Å². The van der Waals surface area contributed by atoms with Gasteiger partial charge >= 0.3 is 0 Å². The summed E-state index contributed by atoms with van der Waals surface area (Å²) in [6.07, 6.45) is 3.97. The van der Waals surface area contributed by atoms with Crippen LogP contribution in [0.1, 0.15) is 23.5 Å². The fourth-order valence-electron chi connectivity index (χ4n) is 2.04. The Balaban J connectivity index is 2.12. The third-order valence-electron chi connectivity index (χ3n) is 2.85. The van der Waals surface area contributed by atoms with Crippen LogP contribution in [-0.2, 0) is 6.42 Å². The number of hydrogen-bond acceptors (Lipinski definition) is 1. The molecule has 1 heteroatoms. The van der Waals surface area contributed by atoms with E-state index in [1.807, 2.05) is 6.08 Å². The quantitative estimate of drug-likeness (QED) is 0.697. The molecule has 0 aromatic heterocycles. The average Bonchev–Trinajstić information content (AvgIpc) is 2.07. The van der Waals surface area contributed by atoms with Gasteiger partial charge in [0.05, 0.1) is 0 Å². The summed E-state index contributed by atoms with van der Waals surface area (Å²) in [4.78, 5) is 0. The number of benzene rings is 1. The van der Waals surface area contributed by atoms with Crippen molar-refractivity contribution in [3.63, 3.8) is 0 Å². The summed E-state index contributed by atoms with van der Waals surface area (Å²) in [5.74, 6) is 0.564. The Bertz CT molecular complexity index is 317. The fraction of sp³-hybridized carbons (Fsp3) is 0.333. The van der Waals surface area contributed by atoms with Crippen LogP contribution in [0.25, 0.3) is 0 Å². The average molecular weight is 173 g/mol. The zero-order valence-corrected chi connectivity index (χ0v) is 7.74. The third kappa shape index (κ3) is 1.40. The first kappa shape index (κ1) is 8.52. The Morgan fingerprint density at radius 2 is 2.31 bits per heavy atom. The lowest BCUT2D eigenvalue weighted by molar-refractivity contribution is 0.486. The maximum atomic E-state index is 6.03. The van der Waals surface area contributed by atoms with Crippen molar-refractivity contribution in [2.75, 3.05) is 0 Å². The van der Waals surface area contributed by atoms with Gasteiger partial charge in [0.25, 0.3) is 0 Å². The molecule has 2 N–H and O–H groups in total. The minimum Gasteiger partial charge on any atom is -0.327 e. The van der Waals surface area contributed by atoms with Crippen LogP contribution in [0.4, 0.5) is 0 Å². The van der Waals surface area contributed by atoms with E-state index >= 15 is 0 Å². The predicted octanol–water partition coefficient (Wildman–Crippen LogP) is 2.23. The van der Waals surface area contributed by atoms with Crippen LogP contribution in [0, 0.1) is 0 Å². The third-order valence-corrected chi connectivity index (χ3v) is 2.85. The summed E-state index contributed by atoms with van der Waals surface area (Å²) in [5.41, 5.74) is 8.94. The van der Waals surface area contributed by atoms with Crippen LogP contribution >= 0.6 is 0 Å². The molecule has 1 nitrogen and oxygen atoms in total. The van der Waals surface area contributed by atoms with E-state index in [0.29, 0.717) is 5.92 Å². The van der Waals surface area contributed by atoms with Crippen molar-refractivity contribution in [2.24, 2.45) is 5.73 Å². The van der Waals surface area contributed by atoms with Gasteiger partial charge in [-0.05, 0) is 24.0 Å². The van der Waals surface area contributed by atoms with Gasteiger partial charge in [0.2, 0.25) is 0 Å². The number of fused-ring (bicyclic) bond motifs is 1. The monoisotopic (exact) mass is 173 g/mol. The Labute approximate surface area is 79.3 Å². The summed E-state index contributed by atoms with van der Waals surface area (Å²) in [7, 11) is 0. The lowest BCUT2D eigenvalue weighted by Crippen LogP contribution is -2.35. The van der Waals surface area contributed by atoms with Crippen molar-refractivity contribution in [3.8, 4) is 0 Å². The second-order valence-corrected chi connectivity index (χ2v) is 3.70. The SMILES string of the molecule is C=CCC(N)C1Cc2ccccc21. The Morgan fingerprint density at radius 3 is 3.00 bits per heavy atom. The molecule has 0 saturated heterocycles. The molecule has 2 unspecified atom stereocenters. The van der Waals surface area contributed by atoms with Gasteiger partial charge in [-0.1, -0.05) is 30.3 Å². The molecule has 1 aliphatic rings. The Kier molecular flexibility index (Phi) is 2.19. The molecule has 13 heavy (non-hydrogen) atoms. The molecule has 0 amide bonds. The van der Waals surface area contributed by atoms with Crippen molar-refractivity contribution in [2.45, 2.75) is 24.8 Å². The Morgan fingerprint density at radius 1 is 1.54 bits per heavy atom. The normalized spacial score (nSPS) is 21.5. The molecule has 0 saturated carbocycles. The highest BCUT2D eigenvalue weighted by Crippen LogP contribution is 2.37. The van der Waals surface area contributed by atoms with E-state index in [1.165, 1.54) is 11.1 Å². The van der Waals surface area contributed by atoms with E-state index in [0.717, 1.165) is 12.8 Å². The van der Waals surface area contributed by atoms with Gasteiger partial charge < -0.3 is 5.73 Å². The van der Waals surface area contributed by atoms with Crippen molar-refractivity contribution < 1.29 is 0 Å². The molecule has 1 aromatic rings. The second-order valence-electron chi connectivity index (χ2n) is 3.70. The maximum absolute atomic E-state index is 6.03. The zero-order valence-electron chi connectivity index (χ0n) is 7.74. The summed E-state index contributed by atoms with van der Waals surface area (Å²) in [6.45, 7) is 3.72. The van der Waals surface area contributed by atoms with Gasteiger partial charge in [0.1, 0.15) is 0 Å². The molecular weight excluding hydrogens is 158 g/mol. The molecule has 2 rings (SSSR count). The highest BCUT2D eigenvalue weighted by molar-refractivity contribution is 5.41. The van der Waals surface area contributed by atoms with E-state index in [2.05, 4.69) is 30.8 Å². The largest absolute Gasteiger partial charge is 0.327 e. The molecule has 0 radical (unpaired) electrons. The van der Waals surface area contributed by atoms with E-state index in [-0.39, 0.29) is 6.04 Å². The van der Waals surface area contributed by atoms with Crippen molar-refractivity contribution in [1.29, 1.82) is 0 Å². The minimum absolute atomic E-state index is 0.257. The maximum Gasteiger partial charge on any atom is 0.0146 e. The van der Waals surface area contributed by atoms with E-state index < -0.39 is 0 Å². The highest BCUT2D eigenvalue weighted by atomic mass is 14.7. The van der Waals surface area contributed by atoms with Gasteiger partial charge in [0, 0.05) is 12.0 Å². The van der Waals surface area contributed by atoms with Crippen molar-refractivity contribution in [3.05, 3.63) is 48.0 Å². The number of hydrogen-bond donors (Lipinski definition) is 1. The first-order valence-corrected chi connectivity index (χ1v) is 4.77. The lowest BCUT2D eigenvalue weighted by atomic mass is 9.73. The molecule has 68 valence electrons.